The average molecular weight is 529 g/mol. The molecular formula is C26H22Cl2N2O6. The number of amides is 1. The fourth-order valence-corrected chi connectivity index (χ4v) is 4.23. The lowest BCUT2D eigenvalue weighted by molar-refractivity contribution is -0.385. The van der Waals surface area contributed by atoms with Crippen molar-refractivity contribution in [2.45, 2.75) is 18.8 Å². The van der Waals surface area contributed by atoms with Crippen LogP contribution in [0.1, 0.15) is 33.8 Å². The van der Waals surface area contributed by atoms with E-state index < -0.39 is 16.5 Å². The lowest BCUT2D eigenvalue weighted by Crippen LogP contribution is -2.25. The van der Waals surface area contributed by atoms with Crippen molar-refractivity contribution in [2.24, 2.45) is 0 Å². The van der Waals surface area contributed by atoms with Gasteiger partial charge in [-0.15, -0.1) is 0 Å². The minimum absolute atomic E-state index is 0.00181. The van der Waals surface area contributed by atoms with Crippen molar-refractivity contribution in [1.82, 2.24) is 5.32 Å². The Kier molecular flexibility index (Phi) is 7.67. The molecule has 4 rings (SSSR count). The molecule has 3 aromatic rings. The van der Waals surface area contributed by atoms with Crippen LogP contribution in [0, 0.1) is 10.1 Å². The van der Waals surface area contributed by atoms with Crippen LogP contribution in [0.15, 0.2) is 66.9 Å². The fourth-order valence-electron chi connectivity index (χ4n) is 3.89. The third kappa shape index (κ3) is 5.72. The third-order valence-electron chi connectivity index (χ3n) is 5.76. The van der Waals surface area contributed by atoms with E-state index in [0.29, 0.717) is 42.3 Å². The van der Waals surface area contributed by atoms with Crippen molar-refractivity contribution in [3.8, 4) is 17.2 Å². The summed E-state index contributed by atoms with van der Waals surface area (Å²) in [6, 6.07) is 14.3. The standard InChI is InChI=1S/C26H22Cl2N2O6/c1-15(31)19-9-11-35-24-14-25(21(28)13-20(19)24)36-23-7-4-17(12-22(23)30(33)34)26(32)29-10-8-16-2-5-18(27)6-3-16/h2-7,12-14,19,31H,1,8-11H2,(H,29,32). The van der Waals surface area contributed by atoms with Crippen molar-refractivity contribution >= 4 is 34.8 Å². The second kappa shape index (κ2) is 10.9. The van der Waals surface area contributed by atoms with Crippen LogP contribution >= 0.6 is 23.2 Å². The second-order valence-corrected chi connectivity index (χ2v) is 9.02. The maximum absolute atomic E-state index is 12.6. The fraction of sp³-hybridized carbons (Fsp3) is 0.192. The maximum Gasteiger partial charge on any atom is 0.312 e. The molecule has 0 radical (unpaired) electrons. The molecule has 0 saturated carbocycles. The molecule has 0 saturated heterocycles. The number of nitrogens with zero attached hydrogens (tertiary/aromatic N) is 1. The third-order valence-corrected chi connectivity index (χ3v) is 6.30. The van der Waals surface area contributed by atoms with E-state index in [4.69, 9.17) is 32.7 Å². The molecule has 186 valence electrons. The first-order chi connectivity index (χ1) is 17.2. The van der Waals surface area contributed by atoms with Crippen molar-refractivity contribution in [3.05, 3.63) is 104 Å². The summed E-state index contributed by atoms with van der Waals surface area (Å²) in [6.45, 7) is 4.31. The second-order valence-electron chi connectivity index (χ2n) is 8.18. The van der Waals surface area contributed by atoms with Gasteiger partial charge in [-0.3, -0.25) is 14.9 Å². The predicted octanol–water partition coefficient (Wildman–Crippen LogP) is 6.60. The van der Waals surface area contributed by atoms with E-state index in [0.717, 1.165) is 11.6 Å². The van der Waals surface area contributed by atoms with Gasteiger partial charge in [-0.1, -0.05) is 41.9 Å². The molecular weight excluding hydrogens is 507 g/mol. The molecule has 0 fully saturated rings. The minimum Gasteiger partial charge on any atom is -0.512 e. The summed E-state index contributed by atoms with van der Waals surface area (Å²) in [6.07, 6.45) is 1.13. The summed E-state index contributed by atoms with van der Waals surface area (Å²) in [5.74, 6) is -0.273. The van der Waals surface area contributed by atoms with Crippen LogP contribution in [0.4, 0.5) is 5.69 Å². The topological polar surface area (TPSA) is 111 Å². The van der Waals surface area contributed by atoms with Crippen LogP contribution in [0.3, 0.4) is 0 Å². The van der Waals surface area contributed by atoms with Gasteiger partial charge in [0, 0.05) is 40.7 Å². The molecule has 36 heavy (non-hydrogen) atoms. The summed E-state index contributed by atoms with van der Waals surface area (Å²) >= 11 is 12.3. The van der Waals surface area contributed by atoms with E-state index in [2.05, 4.69) is 11.9 Å². The highest BCUT2D eigenvalue weighted by Crippen LogP contribution is 2.44. The molecule has 8 nitrogen and oxygen atoms in total. The van der Waals surface area contributed by atoms with Gasteiger partial charge < -0.3 is 19.9 Å². The van der Waals surface area contributed by atoms with Crippen molar-refractivity contribution in [1.29, 1.82) is 0 Å². The number of carbonyl (C=O) groups is 1. The Labute approximate surface area is 217 Å². The zero-order chi connectivity index (χ0) is 25.8. The Morgan fingerprint density at radius 1 is 1.17 bits per heavy atom. The van der Waals surface area contributed by atoms with Crippen LogP contribution in [0.5, 0.6) is 17.2 Å². The number of rotatable bonds is 8. The normalized spacial score (nSPS) is 14.3. The molecule has 3 aromatic carbocycles. The number of ether oxygens (including phenoxy) is 2. The highest BCUT2D eigenvalue weighted by Gasteiger charge is 2.27. The van der Waals surface area contributed by atoms with Gasteiger partial charge in [0.05, 0.1) is 22.3 Å². The number of aliphatic hydroxyl groups is 1. The number of hydrogen-bond acceptors (Lipinski definition) is 6. The van der Waals surface area contributed by atoms with Gasteiger partial charge >= 0.3 is 5.69 Å². The first-order valence-corrected chi connectivity index (χ1v) is 11.8. The quantitative estimate of drug-likeness (QED) is 0.193. The smallest absolute Gasteiger partial charge is 0.312 e. The van der Waals surface area contributed by atoms with Crippen molar-refractivity contribution in [2.75, 3.05) is 13.2 Å². The number of aliphatic hydroxyl groups excluding tert-OH is 1. The number of halogens is 2. The Balaban J connectivity index is 1.50. The zero-order valence-corrected chi connectivity index (χ0v) is 20.5. The molecule has 0 spiro atoms. The van der Waals surface area contributed by atoms with Crippen LogP contribution in [0.25, 0.3) is 0 Å². The molecule has 1 aliphatic rings. The molecule has 1 heterocycles. The molecule has 2 N–H and O–H groups in total. The first-order valence-electron chi connectivity index (χ1n) is 11.1. The van der Waals surface area contributed by atoms with E-state index in [-0.39, 0.29) is 33.8 Å². The summed E-state index contributed by atoms with van der Waals surface area (Å²) < 4.78 is 11.4. The highest BCUT2D eigenvalue weighted by molar-refractivity contribution is 6.32. The van der Waals surface area contributed by atoms with E-state index in [9.17, 15) is 20.0 Å². The number of benzene rings is 3. The Hall–Kier alpha value is -3.75. The molecule has 0 aliphatic carbocycles. The molecule has 0 aromatic heterocycles. The van der Waals surface area contributed by atoms with E-state index in [1.165, 1.54) is 18.2 Å². The number of carbonyl (C=O) groups excluding carboxylic acids is 1. The van der Waals surface area contributed by atoms with Crippen LogP contribution in [-0.4, -0.2) is 29.1 Å². The van der Waals surface area contributed by atoms with E-state index in [1.54, 1.807) is 18.2 Å². The minimum atomic E-state index is -0.631. The van der Waals surface area contributed by atoms with E-state index >= 15 is 0 Å². The number of hydrogen-bond donors (Lipinski definition) is 2. The molecule has 1 atom stereocenters. The molecule has 1 amide bonds. The molecule has 0 bridgehead atoms. The monoisotopic (exact) mass is 528 g/mol. The van der Waals surface area contributed by atoms with Gasteiger partial charge in [0.2, 0.25) is 5.75 Å². The van der Waals surface area contributed by atoms with Crippen LogP contribution in [-0.2, 0) is 6.42 Å². The Morgan fingerprint density at radius 3 is 2.61 bits per heavy atom. The molecule has 1 aliphatic heterocycles. The lowest BCUT2D eigenvalue weighted by atomic mass is 9.92. The van der Waals surface area contributed by atoms with Gasteiger partial charge in [-0.25, -0.2) is 0 Å². The number of fused-ring (bicyclic) bond motifs is 1. The first kappa shape index (κ1) is 25.3. The summed E-state index contributed by atoms with van der Waals surface area (Å²) in [4.78, 5) is 23.7. The van der Waals surface area contributed by atoms with Crippen molar-refractivity contribution < 1.29 is 24.3 Å². The van der Waals surface area contributed by atoms with Crippen LogP contribution < -0.4 is 14.8 Å². The summed E-state index contributed by atoms with van der Waals surface area (Å²) in [7, 11) is 0. The zero-order valence-electron chi connectivity index (χ0n) is 19.0. The summed E-state index contributed by atoms with van der Waals surface area (Å²) in [5, 5.41) is 25.2. The van der Waals surface area contributed by atoms with Gasteiger partial charge in [0.15, 0.2) is 0 Å². The lowest BCUT2D eigenvalue weighted by Gasteiger charge is -2.26. The average Bonchev–Trinajstić information content (AvgIpc) is 2.85. The maximum atomic E-state index is 12.6. The van der Waals surface area contributed by atoms with Gasteiger partial charge in [0.25, 0.3) is 5.91 Å². The SMILES string of the molecule is C=C(O)C1CCOc2cc(Oc3ccc(C(=O)NCCc4ccc(Cl)cc4)cc3[N+](=O)[O-])c(Cl)cc21. The highest BCUT2D eigenvalue weighted by atomic mass is 35.5. The number of nitro benzene ring substituents is 1. The molecule has 10 heteroatoms. The van der Waals surface area contributed by atoms with Gasteiger partial charge in [-0.2, -0.15) is 0 Å². The van der Waals surface area contributed by atoms with Gasteiger partial charge in [0.1, 0.15) is 11.5 Å². The molecule has 1 unspecified atom stereocenters. The van der Waals surface area contributed by atoms with Crippen molar-refractivity contribution in [3.63, 3.8) is 0 Å². The number of allylic oxidation sites excluding steroid dienone is 1. The summed E-state index contributed by atoms with van der Waals surface area (Å²) in [5.41, 5.74) is 1.38. The van der Waals surface area contributed by atoms with Gasteiger partial charge in [-0.05, 0) is 48.7 Å². The number of nitro groups is 1. The predicted molar refractivity (Wildman–Crippen MR) is 137 cm³/mol. The van der Waals surface area contributed by atoms with Crippen LogP contribution in [0.2, 0.25) is 10.0 Å². The largest absolute Gasteiger partial charge is 0.512 e. The van der Waals surface area contributed by atoms with E-state index in [1.807, 2.05) is 12.1 Å². The number of nitrogens with one attached hydrogen (secondary N) is 1. The Bertz CT molecular complexity index is 1330. The Morgan fingerprint density at radius 2 is 1.92 bits per heavy atom.